The molecule has 11 heteroatoms. The molecule has 7 nitrogen and oxygen atoms in total. The van der Waals surface area contributed by atoms with Crippen molar-refractivity contribution < 1.29 is 89.8 Å². The van der Waals surface area contributed by atoms with Crippen molar-refractivity contribution in [3.63, 3.8) is 0 Å². The van der Waals surface area contributed by atoms with E-state index in [1.807, 2.05) is 0 Å². The Bertz CT molecular complexity index is 1360. The molecule has 0 amide bonds. The van der Waals surface area contributed by atoms with E-state index < -0.39 is 20.2 Å². The van der Waals surface area contributed by atoms with Gasteiger partial charge in [-0.25, -0.2) is 16.8 Å². The number of benzene rings is 2. The Labute approximate surface area is 381 Å². The summed E-state index contributed by atoms with van der Waals surface area (Å²) < 4.78 is 78.3. The van der Waals surface area contributed by atoms with Gasteiger partial charge in [-0.2, -0.15) is 0 Å². The molecular weight excluding hydrogens is 751 g/mol. The minimum Gasteiger partial charge on any atom is -0.744 e. The van der Waals surface area contributed by atoms with Gasteiger partial charge >= 0.3 is 59.1 Å². The Hall–Kier alpha value is 0.0600. The molecule has 0 radical (unpaired) electrons. The Morgan fingerprint density at radius 2 is 0.636 bits per heavy atom. The summed E-state index contributed by atoms with van der Waals surface area (Å²) in [6.07, 6.45) is 35.1. The summed E-state index contributed by atoms with van der Waals surface area (Å²) in [6, 6.07) is 8.68. The van der Waals surface area contributed by atoms with Gasteiger partial charge in [0.25, 0.3) is 0 Å². The summed E-state index contributed by atoms with van der Waals surface area (Å²) in [6.45, 7) is 4.49. The molecule has 0 atom stereocenters. The fourth-order valence-electron chi connectivity index (χ4n) is 7.27. The van der Waals surface area contributed by atoms with Crippen molar-refractivity contribution in [2.75, 3.05) is 0 Å². The fourth-order valence-corrected chi connectivity index (χ4v) is 8.71. The van der Waals surface area contributed by atoms with Crippen LogP contribution in [0.25, 0.3) is 0 Å². The zero-order chi connectivity index (χ0) is 38.6. The van der Waals surface area contributed by atoms with Crippen molar-refractivity contribution in [1.82, 2.24) is 0 Å². The molecule has 0 saturated carbocycles. The maximum Gasteiger partial charge on any atom is 1.00 e. The SMILES string of the molecule is CCCCCCCCCCCCCCCCc1cc(Oc2ccc(S(=O)(=O)[O-])c(CCCCCCCCCCCCCCCC)c2)ccc1S(=O)(=O)[O-].[Na+].[Na+]. The van der Waals surface area contributed by atoms with Crippen molar-refractivity contribution in [2.45, 2.75) is 216 Å². The summed E-state index contributed by atoms with van der Waals surface area (Å²) in [5, 5.41) is 0. The molecule has 0 aliphatic rings. The molecule has 0 spiro atoms. The molecule has 2 aromatic rings. The van der Waals surface area contributed by atoms with E-state index in [-0.39, 0.29) is 68.9 Å². The molecule has 0 aromatic heterocycles. The van der Waals surface area contributed by atoms with Gasteiger partial charge in [-0.05, 0) is 73.2 Å². The average Bonchev–Trinajstić information content (AvgIpc) is 3.11. The molecule has 0 saturated heterocycles. The first-order valence-corrected chi connectivity index (χ1v) is 24.2. The second-order valence-corrected chi connectivity index (χ2v) is 17.9. The number of hydrogen-bond donors (Lipinski definition) is 0. The van der Waals surface area contributed by atoms with Gasteiger partial charge < -0.3 is 13.8 Å². The van der Waals surface area contributed by atoms with Gasteiger partial charge in [-0.3, -0.25) is 0 Å². The molecule has 0 heterocycles. The van der Waals surface area contributed by atoms with Crippen LogP contribution in [0.5, 0.6) is 11.5 Å². The molecule has 0 bridgehead atoms. The predicted molar refractivity (Wildman–Crippen MR) is 217 cm³/mol. The smallest absolute Gasteiger partial charge is 0.744 e. The zero-order valence-corrected chi connectivity index (χ0v) is 41.0. The van der Waals surface area contributed by atoms with E-state index in [9.17, 15) is 25.9 Å². The number of aryl methyl sites for hydroxylation is 2. The molecule has 0 aliphatic heterocycles. The van der Waals surface area contributed by atoms with Crippen molar-refractivity contribution in [3.8, 4) is 11.5 Å². The van der Waals surface area contributed by atoms with E-state index in [1.54, 1.807) is 12.1 Å². The van der Waals surface area contributed by atoms with E-state index in [4.69, 9.17) is 4.74 Å². The van der Waals surface area contributed by atoms with Gasteiger partial charge in [0.05, 0.1) is 9.79 Å². The molecule has 2 aromatic carbocycles. The van der Waals surface area contributed by atoms with E-state index in [0.717, 1.165) is 51.4 Å². The normalized spacial score (nSPS) is 11.6. The standard InChI is InChI=1S/C44H74O7S2.2Na/c1-3-5-7-9-11-13-15-17-19-21-23-25-27-29-31-39-37-41(33-35-43(39)52(45,46)47)51-42-34-36-44(53(48,49)50)40(38-42)32-30-28-26-24-22-20-18-16-14-12-10-8-6-4-2;;/h33-38H,3-32H2,1-2H3,(H,45,46,47)(H,48,49,50);;/q;2*+1/p-2. The van der Waals surface area contributed by atoms with Gasteiger partial charge in [-0.1, -0.05) is 181 Å². The van der Waals surface area contributed by atoms with Crippen LogP contribution in [0.3, 0.4) is 0 Å². The van der Waals surface area contributed by atoms with Gasteiger partial charge in [0.15, 0.2) is 0 Å². The van der Waals surface area contributed by atoms with E-state index in [2.05, 4.69) is 13.8 Å². The summed E-state index contributed by atoms with van der Waals surface area (Å²) in [7, 11) is -9.31. The van der Waals surface area contributed by atoms with Crippen LogP contribution in [-0.2, 0) is 33.1 Å². The molecular formula is C44H72Na2O7S2. The third kappa shape index (κ3) is 26.7. The Balaban J connectivity index is 0.0000146. The van der Waals surface area contributed by atoms with Crippen LogP contribution in [-0.4, -0.2) is 25.9 Å². The molecule has 0 aliphatic carbocycles. The van der Waals surface area contributed by atoms with Gasteiger partial charge in [0.1, 0.15) is 31.7 Å². The Morgan fingerprint density at radius 1 is 0.400 bits per heavy atom. The number of ether oxygens (including phenoxy) is 1. The van der Waals surface area contributed by atoms with Crippen LogP contribution in [0.15, 0.2) is 46.2 Å². The maximum absolute atomic E-state index is 12.0. The van der Waals surface area contributed by atoms with Gasteiger partial charge in [-0.15, -0.1) is 0 Å². The Kier molecular flexibility index (Phi) is 33.9. The summed E-state index contributed by atoms with van der Waals surface area (Å²) in [4.78, 5) is -0.461. The third-order valence-corrected chi connectivity index (χ3v) is 12.3. The monoisotopic (exact) mass is 822 g/mol. The van der Waals surface area contributed by atoms with Crippen LogP contribution in [0.4, 0.5) is 0 Å². The van der Waals surface area contributed by atoms with E-state index >= 15 is 0 Å². The molecule has 304 valence electrons. The average molecular weight is 823 g/mol. The topological polar surface area (TPSA) is 124 Å². The number of rotatable bonds is 34. The first kappa shape index (κ1) is 55.1. The van der Waals surface area contributed by atoms with E-state index in [1.165, 1.54) is 153 Å². The maximum atomic E-state index is 12.0. The van der Waals surface area contributed by atoms with Crippen molar-refractivity contribution in [1.29, 1.82) is 0 Å². The summed E-state index contributed by atoms with van der Waals surface area (Å²) in [5.41, 5.74) is 0.857. The summed E-state index contributed by atoms with van der Waals surface area (Å²) >= 11 is 0. The fraction of sp³-hybridized carbons (Fsp3) is 0.727. The minimum absolute atomic E-state index is 0. The van der Waals surface area contributed by atoms with Crippen LogP contribution >= 0.6 is 0 Å². The molecule has 2 rings (SSSR count). The van der Waals surface area contributed by atoms with Crippen molar-refractivity contribution in [3.05, 3.63) is 47.5 Å². The van der Waals surface area contributed by atoms with Crippen molar-refractivity contribution in [2.24, 2.45) is 0 Å². The quantitative estimate of drug-likeness (QED) is 0.0411. The largest absolute Gasteiger partial charge is 1.00 e. The molecule has 55 heavy (non-hydrogen) atoms. The number of hydrogen-bond acceptors (Lipinski definition) is 7. The Morgan fingerprint density at radius 3 is 0.873 bits per heavy atom. The minimum atomic E-state index is -4.66. The van der Waals surface area contributed by atoms with Gasteiger partial charge in [0.2, 0.25) is 0 Å². The van der Waals surface area contributed by atoms with E-state index in [0.29, 0.717) is 35.5 Å². The first-order valence-electron chi connectivity index (χ1n) is 21.4. The zero-order valence-electron chi connectivity index (χ0n) is 35.4. The van der Waals surface area contributed by atoms with Crippen LogP contribution in [0.2, 0.25) is 0 Å². The van der Waals surface area contributed by atoms with Crippen molar-refractivity contribution >= 4 is 20.2 Å². The summed E-state index contributed by atoms with van der Waals surface area (Å²) in [5.74, 6) is 0.718. The molecule has 0 fully saturated rings. The van der Waals surface area contributed by atoms with Crippen LogP contribution in [0, 0.1) is 0 Å². The molecule has 0 unspecified atom stereocenters. The predicted octanol–water partition coefficient (Wildman–Crippen LogP) is 7.34. The number of unbranched alkanes of at least 4 members (excludes halogenated alkanes) is 26. The second kappa shape index (κ2) is 33.8. The van der Waals surface area contributed by atoms with Crippen LogP contribution in [0.1, 0.15) is 205 Å². The van der Waals surface area contributed by atoms with Gasteiger partial charge in [0, 0.05) is 0 Å². The third-order valence-electron chi connectivity index (χ3n) is 10.4. The first-order chi connectivity index (χ1) is 25.6. The second-order valence-electron chi connectivity index (χ2n) is 15.2. The molecule has 0 N–H and O–H groups in total. The van der Waals surface area contributed by atoms with Crippen LogP contribution < -0.4 is 63.9 Å².